The summed E-state index contributed by atoms with van der Waals surface area (Å²) in [6.07, 6.45) is 12.6. The number of anilines is 5. The topological polar surface area (TPSA) is 147 Å². The molecule has 424 valence electrons. The van der Waals surface area contributed by atoms with Crippen LogP contribution < -0.4 is 20.9 Å². The number of carbonyl (C=O) groups is 2. The van der Waals surface area contributed by atoms with Crippen molar-refractivity contribution in [1.82, 2.24) is 54.1 Å². The number of fused-ring (bicyclic) bond motifs is 2. The Morgan fingerprint density at radius 1 is 0.543 bits per heavy atom. The predicted octanol–water partition coefficient (Wildman–Crippen LogP) is 10.9. The van der Waals surface area contributed by atoms with Crippen LogP contribution in [0.25, 0.3) is 11.3 Å². The predicted molar refractivity (Wildman–Crippen MR) is 329 cm³/mol. The van der Waals surface area contributed by atoms with Crippen molar-refractivity contribution in [3.8, 4) is 0 Å². The van der Waals surface area contributed by atoms with E-state index in [4.69, 9.17) is 4.98 Å². The van der Waals surface area contributed by atoms with E-state index in [2.05, 4.69) is 156 Å². The summed E-state index contributed by atoms with van der Waals surface area (Å²) < 4.78 is 4.44. The van der Waals surface area contributed by atoms with Crippen LogP contribution in [0.1, 0.15) is 97.1 Å². The summed E-state index contributed by atoms with van der Waals surface area (Å²) in [5, 5.41) is 19.0. The highest BCUT2D eigenvalue weighted by Crippen LogP contribution is 2.38. The molecule has 4 fully saturated rings. The van der Waals surface area contributed by atoms with Gasteiger partial charge in [-0.3, -0.25) is 9.59 Å². The minimum Gasteiger partial charge on any atom is -0.368 e. The van der Waals surface area contributed by atoms with Crippen molar-refractivity contribution in [2.24, 2.45) is 0 Å². The van der Waals surface area contributed by atoms with Crippen molar-refractivity contribution >= 4 is 68.0 Å². The highest BCUT2D eigenvalue weighted by Gasteiger charge is 2.33. The number of benzene rings is 4. The van der Waals surface area contributed by atoms with Gasteiger partial charge in [-0.1, -0.05) is 74.5 Å². The molecule has 4 aromatic heterocycles. The molecular weight excluding hydrogens is 1080 g/mol. The summed E-state index contributed by atoms with van der Waals surface area (Å²) in [4.78, 5) is 46.1. The van der Waals surface area contributed by atoms with Gasteiger partial charge in [-0.05, 0) is 215 Å². The fraction of sp³-hybridized carbons (Fsp3) is 0.406. The zero-order chi connectivity index (χ0) is 56.5. The quantitative estimate of drug-likeness (QED) is 0.113. The molecule has 81 heavy (non-hydrogen) atoms. The third-order valence-electron chi connectivity index (χ3n) is 17.4. The maximum Gasteiger partial charge on any atom is 0.253 e. The number of nitrogens with zero attached hydrogens (tertiary/aromatic N) is 11. The fourth-order valence-electron chi connectivity index (χ4n) is 11.8. The minimum absolute atomic E-state index is 0.0656. The van der Waals surface area contributed by atoms with Crippen molar-refractivity contribution < 1.29 is 9.59 Å². The van der Waals surface area contributed by atoms with E-state index < -0.39 is 0 Å². The van der Waals surface area contributed by atoms with E-state index >= 15 is 0 Å². The van der Waals surface area contributed by atoms with Gasteiger partial charge < -0.3 is 40.4 Å². The maximum atomic E-state index is 13.1. The zero-order valence-corrected chi connectivity index (χ0v) is 49.5. The van der Waals surface area contributed by atoms with Gasteiger partial charge in [0.2, 0.25) is 11.9 Å². The Morgan fingerprint density at radius 3 is 1.42 bits per heavy atom. The lowest BCUT2D eigenvalue weighted by molar-refractivity contribution is 0.0652. The van der Waals surface area contributed by atoms with E-state index in [0.717, 1.165) is 124 Å². The van der Waals surface area contributed by atoms with Crippen LogP contribution in [-0.2, 0) is 10.8 Å². The number of hydrogen-bond acceptors (Lipinski definition) is 12. The third kappa shape index (κ3) is 13.8. The first-order valence-corrected chi connectivity index (χ1v) is 29.6. The molecule has 8 aromatic rings. The Labute approximate surface area is 486 Å². The Bertz CT molecular complexity index is 3320. The molecule has 17 heteroatoms. The Morgan fingerprint density at radius 2 is 0.963 bits per heavy atom. The summed E-state index contributed by atoms with van der Waals surface area (Å²) in [5.74, 6) is 1.19. The van der Waals surface area contributed by atoms with Gasteiger partial charge in [0.1, 0.15) is 0 Å². The molecule has 4 aromatic carbocycles. The smallest absolute Gasteiger partial charge is 0.253 e. The van der Waals surface area contributed by atoms with Crippen LogP contribution in [0.3, 0.4) is 0 Å². The molecule has 4 aliphatic heterocycles. The normalized spacial score (nSPS) is 17.8. The second-order valence-corrected chi connectivity index (χ2v) is 23.9. The van der Waals surface area contributed by atoms with Crippen LogP contribution in [0.4, 0.5) is 29.0 Å². The van der Waals surface area contributed by atoms with Gasteiger partial charge in [-0.25, -0.2) is 9.03 Å². The van der Waals surface area contributed by atoms with E-state index in [1.165, 1.54) is 24.0 Å². The van der Waals surface area contributed by atoms with E-state index in [0.29, 0.717) is 40.5 Å². The van der Waals surface area contributed by atoms with Gasteiger partial charge in [0.25, 0.3) is 11.8 Å². The standard InChI is InChI=1S/C32H39N7O.C20H23BrN6O.C12H17N/c1-32(25-8-5-4-6-9-25)17-22-38(23-18-32)28-10-7-19-39-29(28)34-31(35-39)33-26-13-11-24(12-14-26)30(40)37(3)27-15-20-36(2)21-16-27;1-25-12-9-16(10-13-25)26(2)19(28)14-5-7-15(8-6-14)22-20-23-18-17(21)4-3-11-27(18)24-20;1-12(7-9-13-10-8-12)11-5-3-2-4-6-11/h4-14,19,27H,15-18,20-23H2,1-3H3,(H,33,35);3-8,11,16H,9-10,12-13H2,1-2H3,(H,22,24);2-6,13H,7-10H2,1H3. The zero-order valence-electron chi connectivity index (χ0n) is 47.9. The number of nitrogens with one attached hydrogen (secondary N) is 3. The lowest BCUT2D eigenvalue weighted by atomic mass is 9.74. The first-order valence-electron chi connectivity index (χ1n) is 28.8. The van der Waals surface area contributed by atoms with E-state index in [1.54, 1.807) is 4.52 Å². The van der Waals surface area contributed by atoms with E-state index in [1.807, 2.05) is 108 Å². The lowest BCUT2D eigenvalue weighted by Gasteiger charge is -2.40. The van der Waals surface area contributed by atoms with Gasteiger partial charge >= 0.3 is 0 Å². The van der Waals surface area contributed by atoms with Gasteiger partial charge in [-0.2, -0.15) is 9.97 Å². The van der Waals surface area contributed by atoms with Crippen molar-refractivity contribution in [2.45, 2.75) is 88.1 Å². The van der Waals surface area contributed by atoms with Crippen molar-refractivity contribution in [3.05, 3.63) is 173 Å². The molecule has 0 atom stereocenters. The average Bonchev–Trinajstić information content (AvgIpc) is 4.26. The number of likely N-dealkylation sites (tertiary alicyclic amines) is 2. The van der Waals surface area contributed by atoms with Gasteiger partial charge in [0.05, 0.1) is 10.2 Å². The van der Waals surface area contributed by atoms with Gasteiger partial charge in [-0.15, -0.1) is 10.2 Å². The molecule has 3 N–H and O–H groups in total. The Kier molecular flexibility index (Phi) is 18.1. The summed E-state index contributed by atoms with van der Waals surface area (Å²) >= 11 is 3.47. The molecular formula is C64H79BrN14O2. The number of carbonyl (C=O) groups excluding carboxylic acids is 2. The number of rotatable bonds is 11. The second kappa shape index (κ2) is 25.7. The highest BCUT2D eigenvalue weighted by atomic mass is 79.9. The second-order valence-electron chi connectivity index (χ2n) is 23.1. The number of aromatic nitrogens is 6. The SMILES string of the molecule is CC1(c2ccccc2)CCNCC1.CN1CCC(N(C)C(=O)c2ccc(Nc3nc4c(Br)cccn4n3)cc2)CC1.CN1CCC(N(C)C(=O)c2ccc(Nc3nc4c(N5CCC(C)(c6ccccc6)CC5)cccn4n3)cc2)CC1. The van der Waals surface area contributed by atoms with E-state index in [9.17, 15) is 9.59 Å². The largest absolute Gasteiger partial charge is 0.368 e. The summed E-state index contributed by atoms with van der Waals surface area (Å²) in [6.45, 7) is 13.2. The molecule has 12 rings (SSSR count). The summed E-state index contributed by atoms with van der Waals surface area (Å²) in [6, 6.07) is 45.4. The van der Waals surface area contributed by atoms with Crippen LogP contribution in [0.15, 0.2) is 150 Å². The number of pyridine rings is 2. The third-order valence-corrected chi connectivity index (χ3v) is 18.0. The highest BCUT2D eigenvalue weighted by molar-refractivity contribution is 9.10. The first-order chi connectivity index (χ1) is 39.2. The molecule has 0 radical (unpaired) electrons. The molecule has 16 nitrogen and oxygen atoms in total. The van der Waals surface area contributed by atoms with Crippen LogP contribution >= 0.6 is 15.9 Å². The molecule has 8 heterocycles. The number of piperidine rings is 4. The average molecular weight is 1160 g/mol. The summed E-state index contributed by atoms with van der Waals surface area (Å²) in [7, 11) is 8.09. The van der Waals surface area contributed by atoms with Crippen LogP contribution in [0.2, 0.25) is 0 Å². The van der Waals surface area contributed by atoms with Crippen LogP contribution in [0, 0.1) is 0 Å². The Balaban J connectivity index is 0.000000155. The lowest BCUT2D eigenvalue weighted by Crippen LogP contribution is -2.44. The first kappa shape index (κ1) is 57.1. The number of halogens is 1. The monoisotopic (exact) mass is 1150 g/mol. The van der Waals surface area contributed by atoms with Crippen molar-refractivity contribution in [3.63, 3.8) is 0 Å². The fourth-order valence-corrected chi connectivity index (χ4v) is 12.2. The van der Waals surface area contributed by atoms with Gasteiger partial charge in [0.15, 0.2) is 11.3 Å². The molecule has 0 spiro atoms. The molecule has 4 saturated heterocycles. The number of hydrogen-bond donors (Lipinski definition) is 3. The minimum atomic E-state index is 0.0656. The Hall–Kier alpha value is -7.18. The van der Waals surface area contributed by atoms with Crippen molar-refractivity contribution in [1.29, 1.82) is 0 Å². The molecule has 4 aliphatic rings. The maximum absolute atomic E-state index is 13.1. The van der Waals surface area contributed by atoms with Crippen molar-refractivity contribution in [2.75, 3.05) is 96.1 Å². The summed E-state index contributed by atoms with van der Waals surface area (Å²) in [5.41, 5.74) is 9.30. The number of amides is 2. The molecule has 2 amide bonds. The molecule has 0 aliphatic carbocycles. The van der Waals surface area contributed by atoms with Crippen LogP contribution in [-0.4, -0.2) is 153 Å². The molecule has 0 bridgehead atoms. The molecule has 0 unspecified atom stereocenters. The van der Waals surface area contributed by atoms with Gasteiger partial charge in [0, 0.05) is 74.2 Å². The van der Waals surface area contributed by atoms with E-state index in [-0.39, 0.29) is 17.2 Å². The van der Waals surface area contributed by atoms with Crippen LogP contribution in [0.5, 0.6) is 0 Å². The molecule has 0 saturated carbocycles.